The van der Waals surface area contributed by atoms with E-state index in [0.29, 0.717) is 30.3 Å². The lowest BCUT2D eigenvalue weighted by Crippen LogP contribution is -2.39. The van der Waals surface area contributed by atoms with Crippen LogP contribution < -0.4 is 0 Å². The van der Waals surface area contributed by atoms with Gasteiger partial charge in [0.25, 0.3) is 0 Å². The van der Waals surface area contributed by atoms with Crippen molar-refractivity contribution in [2.24, 2.45) is 0 Å². The number of thiophene rings is 1. The van der Waals surface area contributed by atoms with Crippen LogP contribution in [0, 0.1) is 0 Å². The van der Waals surface area contributed by atoms with Crippen molar-refractivity contribution in [3.8, 4) is 11.5 Å². The summed E-state index contributed by atoms with van der Waals surface area (Å²) in [5, 5.41) is 6.08. The lowest BCUT2D eigenvalue weighted by Gasteiger charge is -2.35. The lowest BCUT2D eigenvalue weighted by molar-refractivity contribution is -0.134. The molecule has 0 fully saturated rings. The summed E-state index contributed by atoms with van der Waals surface area (Å²) in [7, 11) is 0. The number of hydrogen-bond donors (Lipinski definition) is 0. The number of fused-ring (bicyclic) bond motifs is 1. The van der Waals surface area contributed by atoms with E-state index < -0.39 is 0 Å². The molecule has 0 saturated heterocycles. The fraction of sp³-hybridized carbons (Fsp3) is 0.368. The molecule has 1 aliphatic heterocycles. The van der Waals surface area contributed by atoms with Gasteiger partial charge < -0.3 is 9.42 Å². The third-order valence-corrected chi connectivity index (χ3v) is 5.71. The number of nitrogens with zero attached hydrogens (tertiary/aromatic N) is 4. The van der Waals surface area contributed by atoms with Crippen LogP contribution in [-0.4, -0.2) is 32.5 Å². The highest BCUT2D eigenvalue weighted by Crippen LogP contribution is 2.35. The van der Waals surface area contributed by atoms with Crippen LogP contribution in [0.3, 0.4) is 0 Å². The van der Waals surface area contributed by atoms with Crippen molar-refractivity contribution < 1.29 is 9.32 Å². The van der Waals surface area contributed by atoms with E-state index in [1.54, 1.807) is 17.5 Å². The Morgan fingerprint density at radius 2 is 2.31 bits per heavy atom. The molecule has 1 aliphatic rings. The first kappa shape index (κ1) is 16.9. The van der Waals surface area contributed by atoms with Gasteiger partial charge in [0, 0.05) is 30.5 Å². The van der Waals surface area contributed by atoms with Crippen molar-refractivity contribution in [3.63, 3.8) is 0 Å². The standard InChI is InChI=1S/C19H20N4O2S/c1-2-15-13-9-12-26-16(13)8-11-23(15)18(24)7-6-17-21-19(22-25-17)14-5-3-4-10-20-14/h3-5,9-10,12,15H,2,6-8,11H2,1H3. The van der Waals surface area contributed by atoms with Gasteiger partial charge in [-0.3, -0.25) is 9.78 Å². The molecule has 0 bridgehead atoms. The van der Waals surface area contributed by atoms with Gasteiger partial charge in [-0.05, 0) is 42.0 Å². The Balaban J connectivity index is 1.41. The van der Waals surface area contributed by atoms with E-state index in [-0.39, 0.29) is 11.9 Å². The smallest absolute Gasteiger partial charge is 0.227 e. The lowest BCUT2D eigenvalue weighted by atomic mass is 9.97. The maximum absolute atomic E-state index is 12.8. The predicted molar refractivity (Wildman–Crippen MR) is 98.6 cm³/mol. The Morgan fingerprint density at radius 1 is 1.38 bits per heavy atom. The second kappa shape index (κ2) is 7.37. The van der Waals surface area contributed by atoms with Gasteiger partial charge in [-0.25, -0.2) is 0 Å². The van der Waals surface area contributed by atoms with E-state index in [1.165, 1.54) is 10.4 Å². The molecule has 26 heavy (non-hydrogen) atoms. The molecule has 0 N–H and O–H groups in total. The van der Waals surface area contributed by atoms with Crippen LogP contribution in [0.2, 0.25) is 0 Å². The summed E-state index contributed by atoms with van der Waals surface area (Å²) in [6, 6.07) is 7.89. The molecule has 0 aromatic carbocycles. The highest BCUT2D eigenvalue weighted by Gasteiger charge is 2.30. The van der Waals surface area contributed by atoms with E-state index in [0.717, 1.165) is 19.4 Å². The van der Waals surface area contributed by atoms with E-state index in [1.807, 2.05) is 23.1 Å². The molecule has 0 saturated carbocycles. The zero-order valence-electron chi connectivity index (χ0n) is 14.6. The van der Waals surface area contributed by atoms with E-state index >= 15 is 0 Å². The fourth-order valence-electron chi connectivity index (χ4n) is 3.45. The Bertz CT molecular complexity index is 890. The molecule has 134 valence electrons. The highest BCUT2D eigenvalue weighted by molar-refractivity contribution is 7.10. The van der Waals surface area contributed by atoms with Crippen molar-refractivity contribution in [3.05, 3.63) is 52.2 Å². The SMILES string of the molecule is CCC1c2ccsc2CCN1C(=O)CCc1nc(-c2ccccn2)no1. The molecule has 1 amide bonds. The Morgan fingerprint density at radius 3 is 3.12 bits per heavy atom. The number of hydrogen-bond acceptors (Lipinski definition) is 6. The minimum Gasteiger partial charge on any atom is -0.339 e. The molecule has 3 aromatic rings. The van der Waals surface area contributed by atoms with Crippen LogP contribution in [0.5, 0.6) is 0 Å². The second-order valence-corrected chi connectivity index (χ2v) is 7.29. The summed E-state index contributed by atoms with van der Waals surface area (Å²) in [4.78, 5) is 24.8. The molecule has 0 spiro atoms. The Labute approximate surface area is 155 Å². The zero-order chi connectivity index (χ0) is 17.9. The van der Waals surface area contributed by atoms with Crippen LogP contribution in [0.25, 0.3) is 11.5 Å². The molecular weight excluding hydrogens is 348 g/mol. The largest absolute Gasteiger partial charge is 0.339 e. The second-order valence-electron chi connectivity index (χ2n) is 6.29. The van der Waals surface area contributed by atoms with Gasteiger partial charge in [0.15, 0.2) is 0 Å². The summed E-state index contributed by atoms with van der Waals surface area (Å²) < 4.78 is 5.28. The number of carbonyl (C=O) groups excluding carboxylic acids is 1. The van der Waals surface area contributed by atoms with E-state index in [4.69, 9.17) is 4.52 Å². The Hall–Kier alpha value is -2.54. The quantitative estimate of drug-likeness (QED) is 0.687. The maximum atomic E-state index is 12.8. The Kier molecular flexibility index (Phi) is 4.79. The first-order chi connectivity index (χ1) is 12.8. The monoisotopic (exact) mass is 368 g/mol. The summed E-state index contributed by atoms with van der Waals surface area (Å²) >= 11 is 1.79. The number of amides is 1. The molecule has 0 aliphatic carbocycles. The molecule has 6 nitrogen and oxygen atoms in total. The van der Waals surface area contributed by atoms with Gasteiger partial charge >= 0.3 is 0 Å². The van der Waals surface area contributed by atoms with Crippen molar-refractivity contribution in [1.82, 2.24) is 20.0 Å². The average molecular weight is 368 g/mol. The van der Waals surface area contributed by atoms with Crippen LogP contribution in [0.4, 0.5) is 0 Å². The molecule has 0 radical (unpaired) electrons. The number of rotatable bonds is 5. The van der Waals surface area contributed by atoms with E-state index in [9.17, 15) is 4.79 Å². The predicted octanol–water partition coefficient (Wildman–Crippen LogP) is 3.66. The minimum atomic E-state index is 0.145. The van der Waals surface area contributed by atoms with Gasteiger partial charge in [0.1, 0.15) is 5.69 Å². The van der Waals surface area contributed by atoms with Crippen LogP contribution >= 0.6 is 11.3 Å². The fourth-order valence-corrected chi connectivity index (χ4v) is 4.38. The van der Waals surface area contributed by atoms with Crippen molar-refractivity contribution >= 4 is 17.2 Å². The van der Waals surface area contributed by atoms with Crippen molar-refractivity contribution in [2.75, 3.05) is 6.54 Å². The first-order valence-corrected chi connectivity index (χ1v) is 9.74. The van der Waals surface area contributed by atoms with Gasteiger partial charge in [0.2, 0.25) is 17.6 Å². The molecular formula is C19H20N4O2S. The number of pyridine rings is 1. The topological polar surface area (TPSA) is 72.1 Å². The zero-order valence-corrected chi connectivity index (χ0v) is 15.4. The summed E-state index contributed by atoms with van der Waals surface area (Å²) in [6.45, 7) is 2.92. The number of aryl methyl sites for hydroxylation is 1. The van der Waals surface area contributed by atoms with E-state index in [2.05, 4.69) is 33.5 Å². The maximum Gasteiger partial charge on any atom is 0.227 e. The van der Waals surface area contributed by atoms with Crippen LogP contribution in [-0.2, 0) is 17.6 Å². The molecule has 7 heteroatoms. The summed E-state index contributed by atoms with van der Waals surface area (Å²) in [5.41, 5.74) is 1.98. The number of carbonyl (C=O) groups is 1. The minimum absolute atomic E-state index is 0.145. The summed E-state index contributed by atoms with van der Waals surface area (Å²) in [5.74, 6) is 1.08. The third-order valence-electron chi connectivity index (χ3n) is 4.72. The van der Waals surface area contributed by atoms with Gasteiger partial charge in [-0.15, -0.1) is 11.3 Å². The van der Waals surface area contributed by atoms with Crippen molar-refractivity contribution in [1.29, 1.82) is 0 Å². The third kappa shape index (κ3) is 3.26. The molecule has 1 atom stereocenters. The van der Waals surface area contributed by atoms with Crippen molar-refractivity contribution in [2.45, 2.75) is 38.6 Å². The van der Waals surface area contributed by atoms with Crippen LogP contribution in [0.15, 0.2) is 40.4 Å². The van der Waals surface area contributed by atoms with Gasteiger partial charge in [0.05, 0.1) is 6.04 Å². The average Bonchev–Trinajstić information content (AvgIpc) is 3.35. The normalized spacial score (nSPS) is 16.5. The molecule has 1 unspecified atom stereocenters. The van der Waals surface area contributed by atoms with Gasteiger partial charge in [-0.2, -0.15) is 4.98 Å². The summed E-state index contributed by atoms with van der Waals surface area (Å²) in [6.07, 6.45) is 4.39. The van der Waals surface area contributed by atoms with Crippen LogP contribution in [0.1, 0.15) is 42.1 Å². The highest BCUT2D eigenvalue weighted by atomic mass is 32.1. The molecule has 3 aromatic heterocycles. The number of aromatic nitrogens is 3. The molecule has 4 rings (SSSR count). The first-order valence-electron chi connectivity index (χ1n) is 8.86. The van der Waals surface area contributed by atoms with Gasteiger partial charge in [-0.1, -0.05) is 18.1 Å². The molecule has 4 heterocycles.